The molecule has 10 nitrogen and oxygen atoms in total. The van der Waals surface area contributed by atoms with E-state index in [1.54, 1.807) is 0 Å². The fourth-order valence-electron chi connectivity index (χ4n) is 1.63. The van der Waals surface area contributed by atoms with Gasteiger partial charge in [-0.2, -0.15) is 0 Å². The van der Waals surface area contributed by atoms with Crippen molar-refractivity contribution in [2.45, 2.75) is 24.9 Å². The molecule has 1 rings (SSSR count). The number of likely N-dealkylation sites (N-methyl/N-ethyl adjacent to an activating group) is 1. The molecule has 0 aromatic rings. The van der Waals surface area contributed by atoms with E-state index in [0.717, 1.165) is 4.90 Å². The molecule has 5 amide bonds. The largest absolute Gasteiger partial charge is 0.480 e. The van der Waals surface area contributed by atoms with Crippen LogP contribution < -0.4 is 16.4 Å². The standard InChI is InChI=1S/C10H14N4O6/c1-14-7(16)3-4(8(14)17)12-10(20)13-5(9(18)19)2-6(11)15/h4-5H,2-3H2,1H3,(H2,11,15)(H,18,19)(H2,12,13,20)/t4?,5-/m0/s1. The molecule has 0 aromatic heterocycles. The first kappa shape index (κ1) is 15.4. The van der Waals surface area contributed by atoms with Crippen LogP contribution in [0.3, 0.4) is 0 Å². The number of carbonyl (C=O) groups excluding carboxylic acids is 4. The summed E-state index contributed by atoms with van der Waals surface area (Å²) in [6.07, 6.45) is -0.781. The number of hydrogen-bond acceptors (Lipinski definition) is 5. The molecule has 0 radical (unpaired) electrons. The number of nitrogens with one attached hydrogen (secondary N) is 2. The number of imide groups is 1. The first-order chi connectivity index (χ1) is 9.22. The minimum Gasteiger partial charge on any atom is -0.480 e. The van der Waals surface area contributed by atoms with Gasteiger partial charge in [0.15, 0.2) is 0 Å². The number of likely N-dealkylation sites (tertiary alicyclic amines) is 1. The smallest absolute Gasteiger partial charge is 0.326 e. The third-order valence-electron chi connectivity index (χ3n) is 2.70. The molecule has 0 spiro atoms. The number of carbonyl (C=O) groups is 5. The number of nitrogens with zero attached hydrogens (tertiary/aromatic N) is 1. The summed E-state index contributed by atoms with van der Waals surface area (Å²) in [4.78, 5) is 56.6. The molecule has 20 heavy (non-hydrogen) atoms. The molecule has 2 atom stereocenters. The van der Waals surface area contributed by atoms with Crippen LogP contribution in [0.25, 0.3) is 0 Å². The average molecular weight is 286 g/mol. The summed E-state index contributed by atoms with van der Waals surface area (Å²) in [5.41, 5.74) is 4.85. The first-order valence-electron chi connectivity index (χ1n) is 5.61. The summed E-state index contributed by atoms with van der Waals surface area (Å²) < 4.78 is 0. The molecule has 10 heteroatoms. The van der Waals surface area contributed by atoms with Crippen LogP contribution in [0, 0.1) is 0 Å². The zero-order chi connectivity index (χ0) is 15.4. The number of carboxylic acid groups (broad SMARTS) is 1. The normalized spacial score (nSPS) is 19.6. The second-order valence-electron chi connectivity index (χ2n) is 4.23. The summed E-state index contributed by atoms with van der Waals surface area (Å²) in [7, 11) is 1.28. The molecule has 1 aliphatic heterocycles. The van der Waals surface area contributed by atoms with Crippen LogP contribution in [0.2, 0.25) is 0 Å². The molecule has 0 aromatic carbocycles. The quantitative estimate of drug-likeness (QED) is 0.404. The predicted octanol–water partition coefficient (Wildman–Crippen LogP) is -2.63. The zero-order valence-electron chi connectivity index (χ0n) is 10.6. The van der Waals surface area contributed by atoms with Gasteiger partial charge in [-0.1, -0.05) is 0 Å². The summed E-state index contributed by atoms with van der Waals surface area (Å²) in [5, 5.41) is 13.0. The van der Waals surface area contributed by atoms with Crippen molar-refractivity contribution in [2.75, 3.05) is 7.05 Å². The van der Waals surface area contributed by atoms with Crippen molar-refractivity contribution in [2.24, 2.45) is 5.73 Å². The van der Waals surface area contributed by atoms with Gasteiger partial charge in [0.2, 0.25) is 11.8 Å². The van der Waals surface area contributed by atoms with Gasteiger partial charge in [-0.05, 0) is 0 Å². The highest BCUT2D eigenvalue weighted by Gasteiger charge is 2.37. The van der Waals surface area contributed by atoms with E-state index >= 15 is 0 Å². The molecular weight excluding hydrogens is 272 g/mol. The Bertz CT molecular complexity index is 468. The molecule has 5 N–H and O–H groups in total. The minimum atomic E-state index is -1.50. The molecule has 1 aliphatic rings. The molecular formula is C10H14N4O6. The minimum absolute atomic E-state index is 0.198. The Kier molecular flexibility index (Phi) is 4.62. The van der Waals surface area contributed by atoms with Crippen LogP contribution in [0.1, 0.15) is 12.8 Å². The van der Waals surface area contributed by atoms with Crippen molar-refractivity contribution >= 4 is 29.7 Å². The van der Waals surface area contributed by atoms with Crippen molar-refractivity contribution in [3.8, 4) is 0 Å². The third kappa shape index (κ3) is 3.67. The van der Waals surface area contributed by atoms with Crippen molar-refractivity contribution in [3.63, 3.8) is 0 Å². The highest BCUT2D eigenvalue weighted by molar-refractivity contribution is 6.06. The van der Waals surface area contributed by atoms with E-state index in [4.69, 9.17) is 10.8 Å². The van der Waals surface area contributed by atoms with Gasteiger partial charge in [-0.15, -0.1) is 0 Å². The fraction of sp³-hybridized carbons (Fsp3) is 0.500. The summed E-state index contributed by atoms with van der Waals surface area (Å²) in [5.74, 6) is -3.38. The van der Waals surface area contributed by atoms with E-state index in [2.05, 4.69) is 5.32 Å². The molecule has 1 heterocycles. The van der Waals surface area contributed by atoms with Gasteiger partial charge in [0.25, 0.3) is 5.91 Å². The van der Waals surface area contributed by atoms with Crippen LogP contribution >= 0.6 is 0 Å². The van der Waals surface area contributed by atoms with E-state index in [1.165, 1.54) is 7.05 Å². The monoisotopic (exact) mass is 286 g/mol. The lowest BCUT2D eigenvalue weighted by molar-refractivity contribution is -0.141. The molecule has 1 fully saturated rings. The number of carboxylic acids is 1. The lowest BCUT2D eigenvalue weighted by atomic mass is 10.2. The van der Waals surface area contributed by atoms with Gasteiger partial charge in [0.05, 0.1) is 12.8 Å². The number of primary amides is 1. The Morgan fingerprint density at radius 2 is 2.05 bits per heavy atom. The van der Waals surface area contributed by atoms with Crippen LogP contribution in [0.5, 0.6) is 0 Å². The Labute approximate surface area is 113 Å². The third-order valence-corrected chi connectivity index (χ3v) is 2.70. The Hall–Kier alpha value is -2.65. The number of aliphatic carboxylic acids is 1. The van der Waals surface area contributed by atoms with Crippen molar-refractivity contribution in [1.29, 1.82) is 0 Å². The van der Waals surface area contributed by atoms with E-state index < -0.39 is 48.2 Å². The summed E-state index contributed by atoms with van der Waals surface area (Å²) >= 11 is 0. The molecule has 110 valence electrons. The lowest BCUT2D eigenvalue weighted by Crippen LogP contribution is -2.51. The maximum absolute atomic E-state index is 11.5. The Balaban J connectivity index is 2.58. The van der Waals surface area contributed by atoms with Gasteiger partial charge in [-0.25, -0.2) is 9.59 Å². The van der Waals surface area contributed by atoms with E-state index in [9.17, 15) is 24.0 Å². The van der Waals surface area contributed by atoms with Crippen LogP contribution in [0.4, 0.5) is 4.79 Å². The van der Waals surface area contributed by atoms with E-state index in [-0.39, 0.29) is 6.42 Å². The molecule has 1 saturated heterocycles. The number of nitrogens with two attached hydrogens (primary N) is 1. The summed E-state index contributed by atoms with van der Waals surface area (Å²) in [6.45, 7) is 0. The van der Waals surface area contributed by atoms with Gasteiger partial charge >= 0.3 is 12.0 Å². The second kappa shape index (κ2) is 5.99. The Morgan fingerprint density at radius 3 is 2.45 bits per heavy atom. The molecule has 1 unspecified atom stereocenters. The van der Waals surface area contributed by atoms with E-state index in [1.807, 2.05) is 5.32 Å². The van der Waals surface area contributed by atoms with Gasteiger partial charge in [0.1, 0.15) is 12.1 Å². The maximum Gasteiger partial charge on any atom is 0.326 e. The number of hydrogen-bond donors (Lipinski definition) is 4. The highest BCUT2D eigenvalue weighted by Crippen LogP contribution is 2.10. The predicted molar refractivity (Wildman–Crippen MR) is 63.1 cm³/mol. The van der Waals surface area contributed by atoms with Gasteiger partial charge in [-0.3, -0.25) is 19.3 Å². The topological polar surface area (TPSA) is 159 Å². The maximum atomic E-state index is 11.5. The first-order valence-corrected chi connectivity index (χ1v) is 5.61. The number of amides is 5. The van der Waals surface area contributed by atoms with Crippen molar-refractivity contribution in [3.05, 3.63) is 0 Å². The van der Waals surface area contributed by atoms with E-state index in [0.29, 0.717) is 0 Å². The lowest BCUT2D eigenvalue weighted by Gasteiger charge is -2.16. The number of rotatable bonds is 5. The van der Waals surface area contributed by atoms with Crippen LogP contribution in [-0.4, -0.2) is 58.9 Å². The SMILES string of the molecule is CN1C(=O)CC(NC(=O)N[C@@H](CC(N)=O)C(=O)O)C1=O. The molecule has 0 aliphatic carbocycles. The number of urea groups is 1. The zero-order valence-corrected chi connectivity index (χ0v) is 10.6. The van der Waals surface area contributed by atoms with Crippen molar-refractivity contribution in [1.82, 2.24) is 15.5 Å². The Morgan fingerprint density at radius 1 is 1.45 bits per heavy atom. The van der Waals surface area contributed by atoms with Gasteiger partial charge < -0.3 is 21.5 Å². The van der Waals surface area contributed by atoms with Gasteiger partial charge in [0, 0.05) is 7.05 Å². The van der Waals surface area contributed by atoms with Crippen LogP contribution in [-0.2, 0) is 19.2 Å². The average Bonchev–Trinajstić information content (AvgIpc) is 2.55. The molecule has 0 saturated carbocycles. The fourth-order valence-corrected chi connectivity index (χ4v) is 1.63. The summed E-state index contributed by atoms with van der Waals surface area (Å²) in [6, 6.07) is -3.52. The van der Waals surface area contributed by atoms with Crippen molar-refractivity contribution < 1.29 is 29.1 Å². The second-order valence-corrected chi connectivity index (χ2v) is 4.23. The van der Waals surface area contributed by atoms with Crippen LogP contribution in [0.15, 0.2) is 0 Å². The molecule has 0 bridgehead atoms. The highest BCUT2D eigenvalue weighted by atomic mass is 16.4.